The predicted octanol–water partition coefficient (Wildman–Crippen LogP) is 4.07. The molecule has 0 spiro atoms. The molecule has 0 radical (unpaired) electrons. The minimum absolute atomic E-state index is 0.277. The van der Waals surface area contributed by atoms with E-state index in [4.69, 9.17) is 19.5 Å². The van der Waals surface area contributed by atoms with E-state index in [9.17, 15) is 0 Å². The van der Waals surface area contributed by atoms with E-state index in [2.05, 4.69) is 33.8 Å². The number of nitrogens with zero attached hydrogens (tertiary/aromatic N) is 2. The van der Waals surface area contributed by atoms with E-state index < -0.39 is 0 Å². The Bertz CT molecular complexity index is 583. The zero-order valence-corrected chi connectivity index (χ0v) is 15.2. The molecule has 4 nitrogen and oxygen atoms in total. The molecule has 0 aromatic heterocycles. The lowest BCUT2D eigenvalue weighted by molar-refractivity contribution is 0.301. The standard InChI is InChI=1S/C20H28N2O2/c1-13(2)8-17-11-23-19(21-17)15-6-5-7-16(10-15)20-22-18(12-24-20)9-14(3)4/h5-7,10,13-14,17-18H,8-9,11-12H2,1-4H3/t17-,18-/m0/s1. The second kappa shape index (κ2) is 7.37. The number of hydrogen-bond donors (Lipinski definition) is 0. The van der Waals surface area contributed by atoms with Crippen molar-refractivity contribution >= 4 is 11.8 Å². The molecule has 2 atom stereocenters. The molecule has 2 heterocycles. The molecule has 0 saturated carbocycles. The molecule has 2 aliphatic rings. The lowest BCUT2D eigenvalue weighted by Gasteiger charge is -2.06. The van der Waals surface area contributed by atoms with E-state index >= 15 is 0 Å². The average Bonchev–Trinajstić information content (AvgIpc) is 3.16. The fourth-order valence-electron chi connectivity index (χ4n) is 3.26. The number of ether oxygens (including phenoxy) is 2. The summed E-state index contributed by atoms with van der Waals surface area (Å²) in [7, 11) is 0. The zero-order chi connectivity index (χ0) is 17.1. The molecule has 24 heavy (non-hydrogen) atoms. The first-order valence-corrected chi connectivity index (χ1v) is 9.03. The van der Waals surface area contributed by atoms with E-state index in [1.807, 2.05) is 18.2 Å². The Hall–Kier alpha value is -1.84. The molecule has 1 aromatic rings. The summed E-state index contributed by atoms with van der Waals surface area (Å²) in [4.78, 5) is 9.47. The van der Waals surface area contributed by atoms with Gasteiger partial charge in [0.25, 0.3) is 0 Å². The Morgan fingerprint density at radius 2 is 1.33 bits per heavy atom. The van der Waals surface area contributed by atoms with Crippen molar-refractivity contribution in [3.8, 4) is 0 Å². The lowest BCUT2D eigenvalue weighted by Crippen LogP contribution is -2.09. The van der Waals surface area contributed by atoms with Gasteiger partial charge in [0.1, 0.15) is 13.2 Å². The lowest BCUT2D eigenvalue weighted by atomic mass is 10.1. The maximum atomic E-state index is 5.81. The highest BCUT2D eigenvalue weighted by molar-refractivity contribution is 6.00. The van der Waals surface area contributed by atoms with Crippen LogP contribution in [0, 0.1) is 11.8 Å². The van der Waals surface area contributed by atoms with Crippen LogP contribution in [0.5, 0.6) is 0 Å². The number of aliphatic imine (C=N–C) groups is 2. The van der Waals surface area contributed by atoms with E-state index in [0.29, 0.717) is 25.0 Å². The highest BCUT2D eigenvalue weighted by atomic mass is 16.5. The Labute approximate surface area is 145 Å². The first kappa shape index (κ1) is 17.0. The van der Waals surface area contributed by atoms with Crippen molar-refractivity contribution in [2.24, 2.45) is 21.8 Å². The van der Waals surface area contributed by atoms with Crippen LogP contribution in [0.15, 0.2) is 34.3 Å². The number of hydrogen-bond acceptors (Lipinski definition) is 4. The van der Waals surface area contributed by atoms with Crippen molar-refractivity contribution in [2.75, 3.05) is 13.2 Å². The van der Waals surface area contributed by atoms with Crippen LogP contribution in [0.25, 0.3) is 0 Å². The van der Waals surface area contributed by atoms with Crippen LogP contribution in [0.4, 0.5) is 0 Å². The average molecular weight is 328 g/mol. The smallest absolute Gasteiger partial charge is 0.216 e. The highest BCUT2D eigenvalue weighted by Gasteiger charge is 2.24. The summed E-state index contributed by atoms with van der Waals surface area (Å²) in [6.45, 7) is 10.3. The summed E-state index contributed by atoms with van der Waals surface area (Å²) in [5.41, 5.74) is 2.02. The maximum Gasteiger partial charge on any atom is 0.216 e. The minimum Gasteiger partial charge on any atom is -0.475 e. The molecule has 1 aromatic carbocycles. The SMILES string of the molecule is CC(C)C[C@H]1COC(c2cccc(C3=N[C@@H](CC(C)C)CO3)c2)=N1. The van der Waals surface area contributed by atoms with Crippen molar-refractivity contribution in [1.29, 1.82) is 0 Å². The van der Waals surface area contributed by atoms with Gasteiger partial charge in [-0.1, -0.05) is 33.8 Å². The van der Waals surface area contributed by atoms with Crippen molar-refractivity contribution in [3.63, 3.8) is 0 Å². The molecule has 3 rings (SSSR count). The van der Waals surface area contributed by atoms with Crippen molar-refractivity contribution < 1.29 is 9.47 Å². The summed E-state index contributed by atoms with van der Waals surface area (Å²) in [6, 6.07) is 8.74. The topological polar surface area (TPSA) is 43.2 Å². The third-order valence-electron chi connectivity index (χ3n) is 4.27. The summed E-state index contributed by atoms with van der Waals surface area (Å²) >= 11 is 0. The molecule has 2 aliphatic heterocycles. The van der Waals surface area contributed by atoms with Gasteiger partial charge in [0.05, 0.1) is 12.1 Å². The maximum absolute atomic E-state index is 5.81. The molecule has 0 unspecified atom stereocenters. The summed E-state index contributed by atoms with van der Waals surface area (Å²) in [5.74, 6) is 2.76. The highest BCUT2D eigenvalue weighted by Crippen LogP contribution is 2.21. The number of benzene rings is 1. The minimum atomic E-state index is 0.277. The normalized spacial score (nSPS) is 23.2. The monoisotopic (exact) mass is 328 g/mol. The molecule has 0 fully saturated rings. The van der Waals surface area contributed by atoms with Crippen LogP contribution in [0.1, 0.15) is 51.7 Å². The summed E-state index contributed by atoms with van der Waals surface area (Å²) in [6.07, 6.45) is 2.13. The summed E-state index contributed by atoms with van der Waals surface area (Å²) < 4.78 is 11.6. The van der Waals surface area contributed by atoms with Crippen LogP contribution in [0.3, 0.4) is 0 Å². The van der Waals surface area contributed by atoms with E-state index in [-0.39, 0.29) is 12.1 Å². The second-order valence-electron chi connectivity index (χ2n) is 7.64. The van der Waals surface area contributed by atoms with Crippen LogP contribution >= 0.6 is 0 Å². The van der Waals surface area contributed by atoms with Crippen LogP contribution in [0.2, 0.25) is 0 Å². The fourth-order valence-corrected chi connectivity index (χ4v) is 3.26. The van der Waals surface area contributed by atoms with E-state index in [1.54, 1.807) is 0 Å². The largest absolute Gasteiger partial charge is 0.475 e. The molecule has 0 aliphatic carbocycles. The van der Waals surface area contributed by atoms with Gasteiger partial charge in [-0.2, -0.15) is 0 Å². The van der Waals surface area contributed by atoms with Crippen LogP contribution in [-0.2, 0) is 9.47 Å². The number of rotatable bonds is 6. The van der Waals surface area contributed by atoms with Gasteiger partial charge in [0.15, 0.2) is 0 Å². The van der Waals surface area contributed by atoms with Gasteiger partial charge in [-0.05, 0) is 42.9 Å². The Morgan fingerprint density at radius 3 is 1.75 bits per heavy atom. The van der Waals surface area contributed by atoms with Crippen LogP contribution in [-0.4, -0.2) is 37.1 Å². The molecule has 130 valence electrons. The Kier molecular flexibility index (Phi) is 5.22. The first-order valence-electron chi connectivity index (χ1n) is 9.03. The summed E-state index contributed by atoms with van der Waals surface area (Å²) in [5, 5.41) is 0. The zero-order valence-electron chi connectivity index (χ0n) is 15.2. The van der Waals surface area contributed by atoms with Gasteiger partial charge in [-0.3, -0.25) is 0 Å². The van der Waals surface area contributed by atoms with Crippen LogP contribution < -0.4 is 0 Å². The van der Waals surface area contributed by atoms with E-state index in [1.165, 1.54) is 0 Å². The second-order valence-corrected chi connectivity index (χ2v) is 7.64. The first-order chi connectivity index (χ1) is 11.5. The Morgan fingerprint density at radius 1 is 0.875 bits per heavy atom. The molecular formula is C20H28N2O2. The molecule has 0 amide bonds. The van der Waals surface area contributed by atoms with Crippen molar-refractivity contribution in [1.82, 2.24) is 0 Å². The quantitative estimate of drug-likeness (QED) is 0.790. The third-order valence-corrected chi connectivity index (χ3v) is 4.27. The van der Waals surface area contributed by atoms with E-state index in [0.717, 1.165) is 35.8 Å². The molecule has 0 saturated heterocycles. The van der Waals surface area contributed by atoms with Gasteiger partial charge in [0.2, 0.25) is 11.8 Å². The van der Waals surface area contributed by atoms with Gasteiger partial charge < -0.3 is 9.47 Å². The van der Waals surface area contributed by atoms with Gasteiger partial charge in [0, 0.05) is 11.1 Å². The predicted molar refractivity (Wildman–Crippen MR) is 97.9 cm³/mol. The fraction of sp³-hybridized carbons (Fsp3) is 0.600. The van der Waals surface area contributed by atoms with Crippen molar-refractivity contribution in [2.45, 2.75) is 52.6 Å². The van der Waals surface area contributed by atoms with Gasteiger partial charge in [-0.25, -0.2) is 9.98 Å². The molecule has 4 heteroatoms. The van der Waals surface area contributed by atoms with Gasteiger partial charge >= 0.3 is 0 Å². The van der Waals surface area contributed by atoms with Crippen molar-refractivity contribution in [3.05, 3.63) is 35.4 Å². The Balaban J connectivity index is 1.74. The molecule has 0 bridgehead atoms. The van der Waals surface area contributed by atoms with Gasteiger partial charge in [-0.15, -0.1) is 0 Å². The molecule has 0 N–H and O–H groups in total. The third kappa shape index (κ3) is 4.16. The molecular weight excluding hydrogens is 300 g/mol.